The summed E-state index contributed by atoms with van der Waals surface area (Å²) in [6.07, 6.45) is 3.44. The van der Waals surface area contributed by atoms with Crippen LogP contribution in [-0.2, 0) is 9.53 Å². The van der Waals surface area contributed by atoms with E-state index in [1.54, 1.807) is 12.1 Å². The second kappa shape index (κ2) is 6.15. The van der Waals surface area contributed by atoms with Crippen LogP contribution in [0.5, 0.6) is 0 Å². The normalized spacial score (nSPS) is 19.2. The molecule has 1 saturated heterocycles. The van der Waals surface area contributed by atoms with E-state index in [1.807, 2.05) is 12.1 Å². The Hall–Kier alpha value is -2.14. The van der Waals surface area contributed by atoms with Crippen molar-refractivity contribution < 1.29 is 9.53 Å². The maximum atomic E-state index is 11.9. The summed E-state index contributed by atoms with van der Waals surface area (Å²) < 4.78 is 5.19. The summed E-state index contributed by atoms with van der Waals surface area (Å²) in [7, 11) is 0. The standard InChI is InChI=1S/C14H17N3O2/c15-7-5-13(16)10-1-3-12(4-2-10)17-14(18)11-6-8-19-9-11/h1-5,7,11,15H,6,8-9,16H2,(H,17,18)/b13-5-,15-7?. The molecule has 1 aliphatic heterocycles. The lowest BCUT2D eigenvalue weighted by Crippen LogP contribution is -2.22. The third-order valence-electron chi connectivity index (χ3n) is 3.05. The van der Waals surface area contributed by atoms with Crippen molar-refractivity contribution in [3.05, 3.63) is 35.9 Å². The number of hydrogen-bond acceptors (Lipinski definition) is 4. The molecule has 1 aromatic carbocycles. The van der Waals surface area contributed by atoms with Gasteiger partial charge in [-0.15, -0.1) is 0 Å². The molecule has 5 heteroatoms. The first kappa shape index (κ1) is 13.3. The van der Waals surface area contributed by atoms with Gasteiger partial charge in [-0.25, -0.2) is 0 Å². The van der Waals surface area contributed by atoms with Gasteiger partial charge in [-0.3, -0.25) is 4.79 Å². The average molecular weight is 259 g/mol. The number of hydrogen-bond donors (Lipinski definition) is 3. The Labute approximate surface area is 112 Å². The largest absolute Gasteiger partial charge is 0.398 e. The summed E-state index contributed by atoms with van der Waals surface area (Å²) in [5.74, 6) is -0.0594. The van der Waals surface area contributed by atoms with E-state index in [1.165, 1.54) is 6.08 Å². The Morgan fingerprint density at radius 1 is 1.42 bits per heavy atom. The quantitative estimate of drug-likeness (QED) is 0.718. The van der Waals surface area contributed by atoms with Crippen LogP contribution >= 0.6 is 0 Å². The van der Waals surface area contributed by atoms with Crippen LogP contribution in [0.2, 0.25) is 0 Å². The third kappa shape index (κ3) is 3.42. The zero-order valence-electron chi connectivity index (χ0n) is 10.6. The van der Waals surface area contributed by atoms with Gasteiger partial charge >= 0.3 is 0 Å². The SMILES string of the molecule is N=C/C=C(\N)c1ccc(NC(=O)C2CCOC2)cc1. The van der Waals surface area contributed by atoms with Gasteiger partial charge in [0.25, 0.3) is 0 Å². The van der Waals surface area contributed by atoms with Gasteiger partial charge in [-0.1, -0.05) is 12.1 Å². The van der Waals surface area contributed by atoms with E-state index >= 15 is 0 Å². The minimum absolute atomic E-state index is 0.00624. The van der Waals surface area contributed by atoms with E-state index in [-0.39, 0.29) is 11.8 Å². The number of benzene rings is 1. The molecular weight excluding hydrogens is 242 g/mol. The molecule has 0 bridgehead atoms. The van der Waals surface area contributed by atoms with E-state index in [9.17, 15) is 4.79 Å². The molecule has 0 spiro atoms. The Morgan fingerprint density at radius 3 is 2.74 bits per heavy atom. The number of carbonyl (C=O) groups is 1. The summed E-state index contributed by atoms with van der Waals surface area (Å²) >= 11 is 0. The first-order chi connectivity index (χ1) is 9.20. The van der Waals surface area contributed by atoms with Crippen molar-refractivity contribution in [3.8, 4) is 0 Å². The van der Waals surface area contributed by atoms with Gasteiger partial charge in [0.1, 0.15) is 0 Å². The lowest BCUT2D eigenvalue weighted by atomic mass is 10.1. The third-order valence-corrected chi connectivity index (χ3v) is 3.05. The van der Waals surface area contributed by atoms with Gasteiger partial charge in [0.05, 0.1) is 12.5 Å². The molecule has 0 radical (unpaired) electrons. The number of amides is 1. The zero-order chi connectivity index (χ0) is 13.7. The second-order valence-corrected chi connectivity index (χ2v) is 4.42. The maximum absolute atomic E-state index is 11.9. The molecule has 1 amide bonds. The van der Waals surface area contributed by atoms with Gasteiger partial charge in [0.15, 0.2) is 0 Å². The molecule has 1 unspecified atom stereocenters. The topological polar surface area (TPSA) is 88.2 Å². The molecule has 19 heavy (non-hydrogen) atoms. The summed E-state index contributed by atoms with van der Waals surface area (Å²) in [5, 5.41) is 9.82. The Bertz CT molecular complexity index is 488. The number of allylic oxidation sites excluding steroid dienone is 1. The Kier molecular flexibility index (Phi) is 4.30. The van der Waals surface area contributed by atoms with Crippen LogP contribution in [0.25, 0.3) is 5.70 Å². The number of anilines is 1. The molecule has 5 nitrogen and oxygen atoms in total. The lowest BCUT2D eigenvalue weighted by molar-refractivity contribution is -0.119. The molecule has 1 atom stereocenters. The molecule has 2 rings (SSSR count). The summed E-state index contributed by atoms with van der Waals surface area (Å²) in [4.78, 5) is 11.9. The fourth-order valence-corrected chi connectivity index (χ4v) is 1.92. The number of carbonyl (C=O) groups excluding carboxylic acids is 1. The number of rotatable bonds is 4. The number of ether oxygens (including phenoxy) is 1. The van der Waals surface area contributed by atoms with Crippen molar-refractivity contribution in [2.75, 3.05) is 18.5 Å². The molecule has 1 fully saturated rings. The maximum Gasteiger partial charge on any atom is 0.229 e. The fourth-order valence-electron chi connectivity index (χ4n) is 1.92. The molecule has 0 saturated carbocycles. The monoisotopic (exact) mass is 259 g/mol. The van der Waals surface area contributed by atoms with E-state index in [0.29, 0.717) is 18.9 Å². The van der Waals surface area contributed by atoms with E-state index in [4.69, 9.17) is 15.9 Å². The van der Waals surface area contributed by atoms with E-state index in [2.05, 4.69) is 5.32 Å². The molecule has 1 aromatic rings. The smallest absolute Gasteiger partial charge is 0.229 e. The molecule has 1 heterocycles. The second-order valence-electron chi connectivity index (χ2n) is 4.42. The van der Waals surface area contributed by atoms with Crippen LogP contribution in [0.15, 0.2) is 30.3 Å². The number of nitrogens with one attached hydrogen (secondary N) is 2. The molecule has 100 valence electrons. The molecule has 1 aliphatic rings. The van der Waals surface area contributed by atoms with Gasteiger partial charge in [-0.2, -0.15) is 0 Å². The van der Waals surface area contributed by atoms with Gasteiger partial charge in [0.2, 0.25) is 5.91 Å². The van der Waals surface area contributed by atoms with E-state index in [0.717, 1.165) is 23.9 Å². The van der Waals surface area contributed by atoms with Crippen LogP contribution in [0.1, 0.15) is 12.0 Å². The average Bonchev–Trinajstić information content (AvgIpc) is 2.94. The highest BCUT2D eigenvalue weighted by molar-refractivity contribution is 5.93. The van der Waals surface area contributed by atoms with Crippen LogP contribution < -0.4 is 11.1 Å². The van der Waals surface area contributed by atoms with Crippen molar-refractivity contribution in [3.63, 3.8) is 0 Å². The highest BCUT2D eigenvalue weighted by Gasteiger charge is 2.23. The minimum Gasteiger partial charge on any atom is -0.398 e. The minimum atomic E-state index is -0.0532. The van der Waals surface area contributed by atoms with Crippen molar-refractivity contribution in [1.82, 2.24) is 0 Å². The van der Waals surface area contributed by atoms with Gasteiger partial charge < -0.3 is 21.2 Å². The summed E-state index contributed by atoms with van der Waals surface area (Å²) in [5.41, 5.74) is 7.85. The zero-order valence-corrected chi connectivity index (χ0v) is 10.6. The van der Waals surface area contributed by atoms with E-state index < -0.39 is 0 Å². The summed E-state index contributed by atoms with van der Waals surface area (Å²) in [6, 6.07) is 7.23. The first-order valence-corrected chi connectivity index (χ1v) is 6.16. The van der Waals surface area contributed by atoms with Gasteiger partial charge in [-0.05, 0) is 30.2 Å². The highest BCUT2D eigenvalue weighted by Crippen LogP contribution is 2.17. The fraction of sp³-hybridized carbons (Fsp3) is 0.286. The van der Waals surface area contributed by atoms with Crippen LogP contribution in [0, 0.1) is 11.3 Å². The van der Waals surface area contributed by atoms with Gasteiger partial charge in [0, 0.05) is 24.2 Å². The lowest BCUT2D eigenvalue weighted by Gasteiger charge is -2.10. The predicted octanol–water partition coefficient (Wildman–Crippen LogP) is 1.61. The Balaban J connectivity index is 2.00. The Morgan fingerprint density at radius 2 is 2.16 bits per heavy atom. The number of nitrogens with two attached hydrogens (primary N) is 1. The summed E-state index contributed by atoms with van der Waals surface area (Å²) in [6.45, 7) is 1.15. The molecule has 4 N–H and O–H groups in total. The van der Waals surface area contributed by atoms with Crippen LogP contribution in [-0.4, -0.2) is 25.3 Å². The molecule has 0 aliphatic carbocycles. The van der Waals surface area contributed by atoms with Crippen LogP contribution in [0.4, 0.5) is 5.69 Å². The molecule has 0 aromatic heterocycles. The molecular formula is C14H17N3O2. The first-order valence-electron chi connectivity index (χ1n) is 6.16. The van der Waals surface area contributed by atoms with Crippen molar-refractivity contribution in [2.24, 2.45) is 11.7 Å². The van der Waals surface area contributed by atoms with Crippen LogP contribution in [0.3, 0.4) is 0 Å². The van der Waals surface area contributed by atoms with Crippen molar-refractivity contribution in [1.29, 1.82) is 5.41 Å². The predicted molar refractivity (Wildman–Crippen MR) is 74.9 cm³/mol. The highest BCUT2D eigenvalue weighted by atomic mass is 16.5. The van der Waals surface area contributed by atoms with Crippen molar-refractivity contribution in [2.45, 2.75) is 6.42 Å². The van der Waals surface area contributed by atoms with Crippen molar-refractivity contribution >= 4 is 23.5 Å².